The van der Waals surface area contributed by atoms with Crippen molar-refractivity contribution in [2.75, 3.05) is 49.1 Å². The summed E-state index contributed by atoms with van der Waals surface area (Å²) in [7, 11) is 0. The van der Waals surface area contributed by atoms with Crippen molar-refractivity contribution in [3.8, 4) is 35.8 Å². The van der Waals surface area contributed by atoms with E-state index in [2.05, 4.69) is 75.4 Å². The molecule has 260 valence electrons. The Morgan fingerprint density at radius 2 is 1.04 bits per heavy atom. The Balaban J connectivity index is 0.000000162. The van der Waals surface area contributed by atoms with Crippen molar-refractivity contribution in [1.29, 1.82) is 10.5 Å². The zero-order valence-corrected chi connectivity index (χ0v) is 29.8. The molecule has 4 aliphatic heterocycles. The number of rotatable bonds is 2. The van der Waals surface area contributed by atoms with Crippen molar-refractivity contribution in [2.24, 2.45) is 0 Å². The van der Waals surface area contributed by atoms with E-state index in [4.69, 9.17) is 0 Å². The number of hydrogen-bond acceptors (Lipinski definition) is 10. The third kappa shape index (κ3) is 7.91. The predicted molar refractivity (Wildman–Crippen MR) is 201 cm³/mol. The van der Waals surface area contributed by atoms with Gasteiger partial charge in [0.25, 0.3) is 0 Å². The Kier molecular flexibility index (Phi) is 10.7. The van der Waals surface area contributed by atoms with Crippen LogP contribution >= 0.6 is 0 Å². The van der Waals surface area contributed by atoms with E-state index < -0.39 is 0 Å². The molecule has 10 nitrogen and oxygen atoms in total. The zero-order chi connectivity index (χ0) is 35.9. The number of aromatic nitrogens is 4. The molecule has 4 fully saturated rings. The molecule has 4 aromatic heterocycles. The molecule has 0 radical (unpaired) electrons. The van der Waals surface area contributed by atoms with E-state index >= 15 is 0 Å². The van der Waals surface area contributed by atoms with Gasteiger partial charge in [0.15, 0.2) is 0 Å². The van der Waals surface area contributed by atoms with Gasteiger partial charge in [0.1, 0.15) is 35.2 Å². The zero-order valence-electron chi connectivity index (χ0n) is 29.8. The van der Waals surface area contributed by atoms with Crippen LogP contribution in [0.4, 0.5) is 11.6 Å². The minimum Gasteiger partial charge on any atom is -0.353 e. The summed E-state index contributed by atoms with van der Waals surface area (Å²) in [6.07, 6.45) is 7.97. The summed E-state index contributed by atoms with van der Waals surface area (Å²) >= 11 is 0. The summed E-state index contributed by atoms with van der Waals surface area (Å²) in [6.45, 7) is 9.46. The Morgan fingerprint density at radius 3 is 1.46 bits per heavy atom. The molecule has 0 aliphatic carbocycles. The molecule has 0 bridgehead atoms. The van der Waals surface area contributed by atoms with E-state index in [1.54, 1.807) is 12.4 Å². The van der Waals surface area contributed by atoms with Crippen LogP contribution in [0.5, 0.6) is 0 Å². The Morgan fingerprint density at radius 1 is 0.577 bits per heavy atom. The molecule has 0 N–H and O–H groups in total. The lowest BCUT2D eigenvalue weighted by Gasteiger charge is -2.39. The van der Waals surface area contributed by atoms with Crippen LogP contribution in [0.1, 0.15) is 59.6 Å². The van der Waals surface area contributed by atoms with Crippen LogP contribution in [0.2, 0.25) is 0 Å². The first-order valence-electron chi connectivity index (χ1n) is 18.1. The Labute approximate surface area is 306 Å². The number of nitriles is 2. The number of fused-ring (bicyclic) bond motifs is 2. The van der Waals surface area contributed by atoms with Crippen molar-refractivity contribution in [3.05, 3.63) is 107 Å². The molecular formula is C42H42N10. The lowest BCUT2D eigenvalue weighted by Crippen LogP contribution is -2.52. The fourth-order valence-corrected chi connectivity index (χ4v) is 7.81. The maximum Gasteiger partial charge on any atom is 0.146 e. The largest absolute Gasteiger partial charge is 0.353 e. The van der Waals surface area contributed by atoms with Gasteiger partial charge in [-0.3, -0.25) is 9.80 Å². The van der Waals surface area contributed by atoms with E-state index in [-0.39, 0.29) is 0 Å². The molecule has 0 saturated carbocycles. The second-order valence-corrected chi connectivity index (χ2v) is 13.7. The van der Waals surface area contributed by atoms with Gasteiger partial charge in [-0.2, -0.15) is 10.5 Å². The number of nitrogens with zero attached hydrogens (tertiary/aromatic N) is 10. The molecule has 0 unspecified atom stereocenters. The van der Waals surface area contributed by atoms with Crippen LogP contribution < -0.4 is 9.80 Å². The molecule has 0 aromatic carbocycles. The second kappa shape index (κ2) is 16.1. The van der Waals surface area contributed by atoms with Crippen molar-refractivity contribution in [3.63, 3.8) is 0 Å². The van der Waals surface area contributed by atoms with Gasteiger partial charge in [-0.15, -0.1) is 0 Å². The van der Waals surface area contributed by atoms with Gasteiger partial charge >= 0.3 is 0 Å². The fourth-order valence-electron chi connectivity index (χ4n) is 7.81. The van der Waals surface area contributed by atoms with Gasteiger partial charge in [-0.25, -0.2) is 19.9 Å². The minimum absolute atomic E-state index is 0.295. The first-order valence-corrected chi connectivity index (χ1v) is 18.1. The van der Waals surface area contributed by atoms with Crippen molar-refractivity contribution in [1.82, 2.24) is 29.7 Å². The highest BCUT2D eigenvalue weighted by molar-refractivity contribution is 5.55. The summed E-state index contributed by atoms with van der Waals surface area (Å²) in [5.41, 5.74) is 5.00. The topological polar surface area (TPSA) is 112 Å². The molecule has 8 rings (SSSR count). The van der Waals surface area contributed by atoms with Crippen molar-refractivity contribution in [2.45, 2.75) is 63.7 Å². The lowest BCUT2D eigenvalue weighted by molar-refractivity contribution is 0.202. The number of pyridine rings is 4. The molecular weight excluding hydrogens is 645 g/mol. The predicted octanol–water partition coefficient (Wildman–Crippen LogP) is 4.72. The molecule has 4 aliphatic rings. The molecule has 10 heteroatoms. The molecule has 4 aromatic rings. The van der Waals surface area contributed by atoms with Gasteiger partial charge in [0.05, 0.1) is 23.2 Å². The number of aryl methyl sites for hydroxylation is 2. The lowest BCUT2D eigenvalue weighted by atomic mass is 10.1. The van der Waals surface area contributed by atoms with Gasteiger partial charge in [-0.05, 0) is 99.9 Å². The highest BCUT2D eigenvalue weighted by Crippen LogP contribution is 2.31. The smallest absolute Gasteiger partial charge is 0.146 e. The fraction of sp³-hybridized carbons (Fsp3) is 0.381. The SMILES string of the molecule is Cc1cccc(C#C[C@@H]2CC[C@@H]3CN(c4ncccc4C#N)CCN32)n1.Cc1cccc(C#C[C@H]2CC[C@H]3CN(c4ncccc4C#N)CCN32)n1. The first-order chi connectivity index (χ1) is 25.5. The molecule has 4 atom stereocenters. The van der Waals surface area contributed by atoms with Gasteiger partial charge in [0, 0.05) is 75.1 Å². The van der Waals surface area contributed by atoms with E-state index in [0.717, 1.165) is 99.4 Å². The van der Waals surface area contributed by atoms with Crippen LogP contribution in [0.3, 0.4) is 0 Å². The quantitative estimate of drug-likeness (QED) is 0.275. The standard InChI is InChI=1S/2C21H21N5/c2*1-16-4-2-6-18(24-16)7-8-19-9-10-20-15-25(12-13-26(19)20)21-17(14-22)5-3-11-23-21/h2*2-6,11,19-20H,9-10,12-13,15H2,1H3/t2*19-,20-/m10/s1. The van der Waals surface area contributed by atoms with Gasteiger partial charge < -0.3 is 9.80 Å². The summed E-state index contributed by atoms with van der Waals surface area (Å²) in [4.78, 5) is 27.3. The van der Waals surface area contributed by atoms with E-state index in [1.807, 2.05) is 74.5 Å². The molecule has 0 spiro atoms. The van der Waals surface area contributed by atoms with Crippen molar-refractivity contribution < 1.29 is 0 Å². The molecule has 52 heavy (non-hydrogen) atoms. The maximum absolute atomic E-state index is 9.32. The number of hydrogen-bond donors (Lipinski definition) is 0. The van der Waals surface area contributed by atoms with Crippen LogP contribution in [-0.2, 0) is 0 Å². The average molecular weight is 687 g/mol. The highest BCUT2D eigenvalue weighted by Gasteiger charge is 2.38. The minimum atomic E-state index is 0.295. The summed E-state index contributed by atoms with van der Waals surface area (Å²) in [5.74, 6) is 15.0. The normalized spacial score (nSPS) is 22.2. The van der Waals surface area contributed by atoms with Gasteiger partial charge in [-0.1, -0.05) is 24.0 Å². The monoisotopic (exact) mass is 686 g/mol. The van der Waals surface area contributed by atoms with Crippen molar-refractivity contribution >= 4 is 11.6 Å². The second-order valence-electron chi connectivity index (χ2n) is 13.7. The molecule has 8 heterocycles. The van der Waals surface area contributed by atoms with E-state index in [1.165, 1.54) is 0 Å². The molecule has 0 amide bonds. The Hall–Kier alpha value is -5.78. The van der Waals surface area contributed by atoms with E-state index in [9.17, 15) is 10.5 Å². The number of piperazine rings is 2. The van der Waals surface area contributed by atoms with Crippen LogP contribution in [0.25, 0.3) is 0 Å². The van der Waals surface area contributed by atoms with Crippen LogP contribution in [-0.4, -0.2) is 93.2 Å². The van der Waals surface area contributed by atoms with E-state index in [0.29, 0.717) is 35.3 Å². The third-order valence-electron chi connectivity index (χ3n) is 10.3. The maximum atomic E-state index is 9.32. The number of anilines is 2. The summed E-state index contributed by atoms with van der Waals surface area (Å²) in [5, 5.41) is 18.6. The van der Waals surface area contributed by atoms with Gasteiger partial charge in [0.2, 0.25) is 0 Å². The summed E-state index contributed by atoms with van der Waals surface area (Å²) < 4.78 is 0. The molecule has 4 saturated heterocycles. The first kappa shape index (κ1) is 34.7. The summed E-state index contributed by atoms with van der Waals surface area (Å²) in [6, 6.07) is 25.3. The third-order valence-corrected chi connectivity index (χ3v) is 10.3. The van der Waals surface area contributed by atoms with Crippen LogP contribution in [0.15, 0.2) is 73.1 Å². The highest BCUT2D eigenvalue weighted by atomic mass is 15.3. The average Bonchev–Trinajstić information content (AvgIpc) is 3.79. The Bertz CT molecular complexity index is 1960. The van der Waals surface area contributed by atoms with Crippen LogP contribution in [0, 0.1) is 60.2 Å².